The van der Waals surface area contributed by atoms with E-state index >= 15 is 0 Å². The van der Waals surface area contributed by atoms with Gasteiger partial charge in [0.1, 0.15) is 0 Å². The first-order valence-corrected chi connectivity index (χ1v) is 7.17. The number of piperidine rings is 1. The van der Waals surface area contributed by atoms with Gasteiger partial charge in [-0.2, -0.15) is 0 Å². The summed E-state index contributed by atoms with van der Waals surface area (Å²) in [6.07, 6.45) is 11.3. The maximum atomic E-state index is 5.26. The molecule has 2 heteroatoms. The lowest BCUT2D eigenvalue weighted by molar-refractivity contribution is 0.151. The van der Waals surface area contributed by atoms with Crippen molar-refractivity contribution in [2.75, 3.05) is 26.2 Å². The third-order valence-electron chi connectivity index (χ3n) is 3.75. The molecular formula is C15H28N2. The smallest absolute Gasteiger partial charge is 0.00981 e. The van der Waals surface area contributed by atoms with E-state index in [1.54, 1.807) is 0 Å². The van der Waals surface area contributed by atoms with Crippen LogP contribution in [0.1, 0.15) is 46.0 Å². The van der Waals surface area contributed by atoms with Gasteiger partial charge in [0.2, 0.25) is 0 Å². The molecule has 1 aliphatic rings. The van der Waals surface area contributed by atoms with Gasteiger partial charge in [-0.05, 0) is 58.2 Å². The van der Waals surface area contributed by atoms with E-state index in [0.717, 1.165) is 25.3 Å². The van der Waals surface area contributed by atoms with E-state index in [0.29, 0.717) is 6.04 Å². The van der Waals surface area contributed by atoms with E-state index in [9.17, 15) is 0 Å². The average Bonchev–Trinajstić information content (AvgIpc) is 2.35. The first kappa shape index (κ1) is 14.5. The van der Waals surface area contributed by atoms with Crippen molar-refractivity contribution >= 4 is 0 Å². The van der Waals surface area contributed by atoms with Gasteiger partial charge in [0.25, 0.3) is 0 Å². The second-order valence-corrected chi connectivity index (χ2v) is 5.25. The van der Waals surface area contributed by atoms with Gasteiger partial charge in [0.15, 0.2) is 0 Å². The second-order valence-electron chi connectivity index (χ2n) is 5.25. The maximum absolute atomic E-state index is 5.26. The van der Waals surface area contributed by atoms with Gasteiger partial charge in [0.05, 0.1) is 0 Å². The molecule has 17 heavy (non-hydrogen) atoms. The van der Waals surface area contributed by atoms with Crippen LogP contribution in [0.4, 0.5) is 0 Å². The molecule has 1 rings (SSSR count). The number of nitrogens with one attached hydrogen (secondary N) is 1. The summed E-state index contributed by atoms with van der Waals surface area (Å²) in [5.41, 5.74) is 0. The monoisotopic (exact) mass is 236 g/mol. The zero-order chi connectivity index (χ0) is 12.5. The molecule has 1 saturated heterocycles. The molecule has 1 heterocycles. The number of terminal acetylenes is 1. The Morgan fingerprint density at radius 1 is 1.53 bits per heavy atom. The molecular weight excluding hydrogens is 208 g/mol. The van der Waals surface area contributed by atoms with Crippen molar-refractivity contribution in [2.45, 2.75) is 52.0 Å². The molecule has 1 N–H and O–H groups in total. The number of likely N-dealkylation sites (tertiary alicyclic amines) is 1. The minimum Gasteiger partial charge on any atom is -0.314 e. The molecule has 2 unspecified atom stereocenters. The van der Waals surface area contributed by atoms with E-state index in [1.807, 2.05) is 0 Å². The summed E-state index contributed by atoms with van der Waals surface area (Å²) in [4.78, 5) is 2.62. The van der Waals surface area contributed by atoms with Crippen LogP contribution in [0.25, 0.3) is 0 Å². The van der Waals surface area contributed by atoms with Crippen LogP contribution in [-0.4, -0.2) is 37.1 Å². The van der Waals surface area contributed by atoms with E-state index in [1.165, 1.54) is 38.9 Å². The van der Waals surface area contributed by atoms with E-state index in [2.05, 4.69) is 30.0 Å². The second kappa shape index (κ2) is 8.55. The quantitative estimate of drug-likeness (QED) is 0.540. The molecule has 0 radical (unpaired) electrons. The molecule has 0 spiro atoms. The average molecular weight is 236 g/mol. The fourth-order valence-corrected chi connectivity index (χ4v) is 2.71. The summed E-state index contributed by atoms with van der Waals surface area (Å²) in [7, 11) is 0. The predicted molar refractivity (Wildman–Crippen MR) is 75.0 cm³/mol. The fourth-order valence-electron chi connectivity index (χ4n) is 2.71. The zero-order valence-corrected chi connectivity index (χ0v) is 11.5. The molecule has 2 nitrogen and oxygen atoms in total. The molecule has 0 bridgehead atoms. The van der Waals surface area contributed by atoms with Crippen LogP contribution in [-0.2, 0) is 0 Å². The van der Waals surface area contributed by atoms with Crippen molar-refractivity contribution in [1.82, 2.24) is 10.2 Å². The number of hydrogen-bond acceptors (Lipinski definition) is 2. The highest BCUT2D eigenvalue weighted by atomic mass is 15.1. The van der Waals surface area contributed by atoms with Crippen LogP contribution in [0.2, 0.25) is 0 Å². The molecule has 98 valence electrons. The lowest BCUT2D eigenvalue weighted by Gasteiger charge is -2.36. The SMILES string of the molecule is C#CCCCNC(C)C1CCCN(CCC)C1. The largest absolute Gasteiger partial charge is 0.314 e. The van der Waals surface area contributed by atoms with Crippen molar-refractivity contribution in [1.29, 1.82) is 0 Å². The fraction of sp³-hybridized carbons (Fsp3) is 0.867. The first-order valence-electron chi connectivity index (χ1n) is 7.17. The van der Waals surface area contributed by atoms with Crippen LogP contribution in [0.15, 0.2) is 0 Å². The minimum atomic E-state index is 0.632. The van der Waals surface area contributed by atoms with E-state index < -0.39 is 0 Å². The molecule has 0 aromatic carbocycles. The molecule has 0 aromatic rings. The Kier molecular flexibility index (Phi) is 7.32. The van der Waals surface area contributed by atoms with Gasteiger partial charge in [-0.25, -0.2) is 0 Å². The lowest BCUT2D eigenvalue weighted by atomic mass is 9.91. The number of hydrogen-bond donors (Lipinski definition) is 1. The predicted octanol–water partition coefficient (Wildman–Crippen LogP) is 2.50. The highest BCUT2D eigenvalue weighted by molar-refractivity contribution is 4.84. The summed E-state index contributed by atoms with van der Waals surface area (Å²) in [5.74, 6) is 3.52. The Morgan fingerprint density at radius 3 is 3.06 bits per heavy atom. The topological polar surface area (TPSA) is 15.3 Å². The van der Waals surface area contributed by atoms with E-state index in [4.69, 9.17) is 6.42 Å². The maximum Gasteiger partial charge on any atom is 0.00981 e. The lowest BCUT2D eigenvalue weighted by Crippen LogP contribution is -2.44. The molecule has 0 aliphatic carbocycles. The van der Waals surface area contributed by atoms with Crippen LogP contribution >= 0.6 is 0 Å². The highest BCUT2D eigenvalue weighted by Gasteiger charge is 2.23. The van der Waals surface area contributed by atoms with Crippen molar-refractivity contribution in [3.63, 3.8) is 0 Å². The molecule has 1 fully saturated rings. The summed E-state index contributed by atoms with van der Waals surface area (Å²) >= 11 is 0. The Balaban J connectivity index is 2.21. The third kappa shape index (κ3) is 5.57. The van der Waals surface area contributed by atoms with Gasteiger partial charge in [0, 0.05) is 19.0 Å². The van der Waals surface area contributed by atoms with Crippen LogP contribution in [0.5, 0.6) is 0 Å². The number of unbranched alkanes of at least 4 members (excludes halogenated alkanes) is 1. The molecule has 0 saturated carbocycles. The van der Waals surface area contributed by atoms with Gasteiger partial charge in [-0.3, -0.25) is 0 Å². The molecule has 1 aliphatic heterocycles. The Labute approximate surface area is 107 Å². The van der Waals surface area contributed by atoms with Crippen LogP contribution in [0, 0.1) is 18.3 Å². The third-order valence-corrected chi connectivity index (χ3v) is 3.75. The zero-order valence-electron chi connectivity index (χ0n) is 11.5. The van der Waals surface area contributed by atoms with Gasteiger partial charge < -0.3 is 10.2 Å². The van der Waals surface area contributed by atoms with Gasteiger partial charge in [-0.15, -0.1) is 12.3 Å². The Bertz CT molecular complexity index is 230. The van der Waals surface area contributed by atoms with Gasteiger partial charge in [-0.1, -0.05) is 6.92 Å². The van der Waals surface area contributed by atoms with E-state index in [-0.39, 0.29) is 0 Å². The minimum absolute atomic E-state index is 0.632. The first-order chi connectivity index (χ1) is 8.27. The highest BCUT2D eigenvalue weighted by Crippen LogP contribution is 2.19. The molecule has 2 atom stereocenters. The van der Waals surface area contributed by atoms with Gasteiger partial charge >= 0.3 is 0 Å². The molecule has 0 aromatic heterocycles. The van der Waals surface area contributed by atoms with Crippen molar-refractivity contribution in [2.24, 2.45) is 5.92 Å². The Hall–Kier alpha value is -0.520. The summed E-state index contributed by atoms with van der Waals surface area (Å²) in [5, 5.41) is 3.63. The summed E-state index contributed by atoms with van der Waals surface area (Å²) < 4.78 is 0. The molecule has 0 amide bonds. The Morgan fingerprint density at radius 2 is 2.35 bits per heavy atom. The van der Waals surface area contributed by atoms with Crippen LogP contribution < -0.4 is 5.32 Å². The van der Waals surface area contributed by atoms with Crippen molar-refractivity contribution in [3.05, 3.63) is 0 Å². The standard InChI is InChI=1S/C15H28N2/c1-4-6-7-10-16-14(3)15-9-8-12-17(13-15)11-5-2/h1,14-16H,5-13H2,2-3H3. The normalized spacial score (nSPS) is 23.2. The number of nitrogens with zero attached hydrogens (tertiary/aromatic N) is 1. The summed E-state index contributed by atoms with van der Waals surface area (Å²) in [6.45, 7) is 9.50. The van der Waals surface area contributed by atoms with Crippen LogP contribution in [0.3, 0.4) is 0 Å². The van der Waals surface area contributed by atoms with Crippen molar-refractivity contribution in [3.8, 4) is 12.3 Å². The number of rotatable bonds is 7. The van der Waals surface area contributed by atoms with Crippen molar-refractivity contribution < 1.29 is 0 Å². The summed E-state index contributed by atoms with van der Waals surface area (Å²) in [6, 6.07) is 0.632.